The number of methoxy groups -OCH3 is 1. The van der Waals surface area contributed by atoms with E-state index in [2.05, 4.69) is 4.72 Å². The Balaban J connectivity index is 2.16. The highest BCUT2D eigenvalue weighted by atomic mass is 32.2. The summed E-state index contributed by atoms with van der Waals surface area (Å²) >= 11 is 1.24. The topological polar surface area (TPSA) is 98.5 Å². The number of nitrogens with one attached hydrogen (secondary N) is 1. The molecule has 3 N–H and O–H groups in total. The van der Waals surface area contributed by atoms with E-state index in [4.69, 9.17) is 10.5 Å². The molecule has 0 atom stereocenters. The molecule has 136 valence electrons. The van der Waals surface area contributed by atoms with Gasteiger partial charge in [-0.15, -0.1) is 11.3 Å². The van der Waals surface area contributed by atoms with E-state index in [1.807, 2.05) is 19.1 Å². The van der Waals surface area contributed by atoms with Crippen molar-refractivity contribution >= 4 is 32.3 Å². The Bertz CT molecular complexity index is 878. The largest absolute Gasteiger partial charge is 0.465 e. The van der Waals surface area contributed by atoms with Gasteiger partial charge in [0.1, 0.15) is 5.00 Å². The summed E-state index contributed by atoms with van der Waals surface area (Å²) in [7, 11) is -2.35. The molecule has 1 aromatic heterocycles. The van der Waals surface area contributed by atoms with Gasteiger partial charge in [-0.05, 0) is 49.3 Å². The molecule has 0 unspecified atom stereocenters. The van der Waals surface area contributed by atoms with Crippen LogP contribution in [-0.4, -0.2) is 28.0 Å². The summed E-state index contributed by atoms with van der Waals surface area (Å²) in [4.78, 5) is 12.1. The Morgan fingerprint density at radius 2 is 1.84 bits per heavy atom. The first kappa shape index (κ1) is 19.4. The molecule has 2 rings (SSSR count). The maximum absolute atomic E-state index is 12.6. The standard InChI is InChI=1S/C17H22N2O4S2/c1-10-7-11(2)15(12(3)8-10)25(21,22)19-6-5-13-9-24-16(18)14(13)17(20)23-4/h7-9,19H,5-6,18H2,1-4H3. The monoisotopic (exact) mass is 382 g/mol. The van der Waals surface area contributed by atoms with Crippen LogP contribution >= 0.6 is 11.3 Å². The summed E-state index contributed by atoms with van der Waals surface area (Å²) in [5.74, 6) is -0.512. The SMILES string of the molecule is COC(=O)c1c(CCNS(=O)(=O)c2c(C)cc(C)cc2C)csc1N. The molecular formula is C17H22N2O4S2. The van der Waals surface area contributed by atoms with Gasteiger partial charge in [-0.25, -0.2) is 17.9 Å². The fourth-order valence-corrected chi connectivity index (χ4v) is 5.23. The number of anilines is 1. The van der Waals surface area contributed by atoms with Crippen LogP contribution in [0.3, 0.4) is 0 Å². The van der Waals surface area contributed by atoms with Gasteiger partial charge in [0.2, 0.25) is 10.0 Å². The number of benzene rings is 1. The molecule has 0 amide bonds. The zero-order valence-electron chi connectivity index (χ0n) is 14.7. The summed E-state index contributed by atoms with van der Waals surface area (Å²) in [5.41, 5.74) is 9.22. The second-order valence-electron chi connectivity index (χ2n) is 5.87. The molecule has 0 aliphatic rings. The molecule has 25 heavy (non-hydrogen) atoms. The predicted octanol–water partition coefficient (Wildman–Crippen LogP) is 2.56. The molecule has 0 fully saturated rings. The van der Waals surface area contributed by atoms with E-state index in [-0.39, 0.29) is 6.54 Å². The second-order valence-corrected chi connectivity index (χ2v) is 8.48. The van der Waals surface area contributed by atoms with Gasteiger partial charge < -0.3 is 10.5 Å². The highest BCUT2D eigenvalue weighted by Gasteiger charge is 2.21. The first-order valence-electron chi connectivity index (χ1n) is 7.69. The van der Waals surface area contributed by atoms with E-state index in [9.17, 15) is 13.2 Å². The number of carbonyl (C=O) groups is 1. The Hall–Kier alpha value is -1.90. The van der Waals surface area contributed by atoms with Crippen molar-refractivity contribution in [1.29, 1.82) is 0 Å². The Labute approximate surface area is 152 Å². The fraction of sp³-hybridized carbons (Fsp3) is 0.353. The quantitative estimate of drug-likeness (QED) is 0.748. The van der Waals surface area contributed by atoms with Crippen molar-refractivity contribution in [2.24, 2.45) is 0 Å². The van der Waals surface area contributed by atoms with Gasteiger partial charge in [0.15, 0.2) is 0 Å². The van der Waals surface area contributed by atoms with E-state index in [1.54, 1.807) is 19.2 Å². The molecule has 0 saturated carbocycles. The first-order chi connectivity index (χ1) is 11.7. The van der Waals surface area contributed by atoms with Crippen LogP contribution in [0.1, 0.15) is 32.6 Å². The van der Waals surface area contributed by atoms with Crippen LogP contribution in [0.15, 0.2) is 22.4 Å². The lowest BCUT2D eigenvalue weighted by Gasteiger charge is -2.13. The number of sulfonamides is 1. The number of aryl methyl sites for hydroxylation is 3. The van der Waals surface area contributed by atoms with E-state index in [1.165, 1.54) is 18.4 Å². The zero-order chi connectivity index (χ0) is 18.8. The lowest BCUT2D eigenvalue weighted by Crippen LogP contribution is -2.27. The summed E-state index contributed by atoms with van der Waals surface area (Å²) in [5, 5.41) is 2.12. The number of esters is 1. The molecule has 0 aliphatic heterocycles. The molecule has 1 aromatic carbocycles. The van der Waals surface area contributed by atoms with Gasteiger partial charge in [0, 0.05) is 6.54 Å². The number of rotatable bonds is 6. The molecule has 0 aliphatic carbocycles. The molecular weight excluding hydrogens is 360 g/mol. The van der Waals surface area contributed by atoms with Crippen molar-refractivity contribution in [2.45, 2.75) is 32.1 Å². The van der Waals surface area contributed by atoms with Crippen LogP contribution in [0.25, 0.3) is 0 Å². The number of thiophene rings is 1. The molecule has 0 spiro atoms. The highest BCUT2D eigenvalue weighted by Crippen LogP contribution is 2.26. The van der Waals surface area contributed by atoms with Crippen molar-refractivity contribution in [3.8, 4) is 0 Å². The van der Waals surface area contributed by atoms with Crippen LogP contribution in [0.5, 0.6) is 0 Å². The van der Waals surface area contributed by atoms with Crippen molar-refractivity contribution < 1.29 is 17.9 Å². The van der Waals surface area contributed by atoms with Crippen molar-refractivity contribution in [3.05, 3.63) is 45.3 Å². The normalized spacial score (nSPS) is 11.5. The Morgan fingerprint density at radius 3 is 2.40 bits per heavy atom. The van der Waals surface area contributed by atoms with Crippen LogP contribution in [-0.2, 0) is 21.2 Å². The van der Waals surface area contributed by atoms with Gasteiger partial charge in [-0.3, -0.25) is 0 Å². The molecule has 8 heteroatoms. The molecule has 0 bridgehead atoms. The first-order valence-corrected chi connectivity index (χ1v) is 10.0. The summed E-state index contributed by atoms with van der Waals surface area (Å²) in [6.07, 6.45) is 0.349. The number of hydrogen-bond donors (Lipinski definition) is 2. The third kappa shape index (κ3) is 4.20. The maximum Gasteiger partial charge on any atom is 0.341 e. The molecule has 2 aromatic rings. The number of carbonyl (C=O) groups excluding carboxylic acids is 1. The zero-order valence-corrected chi connectivity index (χ0v) is 16.3. The number of hydrogen-bond acceptors (Lipinski definition) is 6. The summed E-state index contributed by atoms with van der Waals surface area (Å²) < 4.78 is 32.6. The molecule has 6 nitrogen and oxygen atoms in total. The van der Waals surface area contributed by atoms with Crippen molar-refractivity contribution in [3.63, 3.8) is 0 Å². The molecule has 0 saturated heterocycles. The average molecular weight is 383 g/mol. The third-order valence-electron chi connectivity index (χ3n) is 3.85. The number of nitrogens with two attached hydrogens (primary N) is 1. The lowest BCUT2D eigenvalue weighted by molar-refractivity contribution is 0.0601. The lowest BCUT2D eigenvalue weighted by atomic mass is 10.1. The van der Waals surface area contributed by atoms with E-state index in [0.29, 0.717) is 38.6 Å². The minimum atomic E-state index is -3.63. The van der Waals surface area contributed by atoms with Gasteiger partial charge in [-0.1, -0.05) is 17.7 Å². The van der Waals surface area contributed by atoms with Crippen LogP contribution in [0.4, 0.5) is 5.00 Å². The van der Waals surface area contributed by atoms with Gasteiger partial charge >= 0.3 is 5.97 Å². The Kier molecular flexibility index (Phi) is 5.87. The molecule has 0 radical (unpaired) electrons. The van der Waals surface area contributed by atoms with E-state index < -0.39 is 16.0 Å². The minimum Gasteiger partial charge on any atom is -0.465 e. The number of nitrogen functional groups attached to an aromatic ring is 1. The second kappa shape index (κ2) is 7.55. The van der Waals surface area contributed by atoms with Gasteiger partial charge in [0.25, 0.3) is 0 Å². The predicted molar refractivity (Wildman–Crippen MR) is 99.6 cm³/mol. The number of ether oxygens (including phenoxy) is 1. The van der Waals surface area contributed by atoms with Crippen LogP contribution < -0.4 is 10.5 Å². The third-order valence-corrected chi connectivity index (χ3v) is 6.47. The van der Waals surface area contributed by atoms with E-state index in [0.717, 1.165) is 5.56 Å². The van der Waals surface area contributed by atoms with Crippen molar-refractivity contribution in [2.75, 3.05) is 19.4 Å². The Morgan fingerprint density at radius 1 is 1.24 bits per heavy atom. The van der Waals surface area contributed by atoms with Crippen molar-refractivity contribution in [1.82, 2.24) is 4.72 Å². The highest BCUT2D eigenvalue weighted by molar-refractivity contribution is 7.89. The smallest absolute Gasteiger partial charge is 0.341 e. The van der Waals surface area contributed by atoms with E-state index >= 15 is 0 Å². The summed E-state index contributed by atoms with van der Waals surface area (Å²) in [6.45, 7) is 5.65. The minimum absolute atomic E-state index is 0.162. The van der Waals surface area contributed by atoms with Crippen LogP contribution in [0, 0.1) is 20.8 Å². The summed E-state index contributed by atoms with van der Waals surface area (Å²) in [6, 6.07) is 3.69. The molecule has 1 heterocycles. The van der Waals surface area contributed by atoms with Crippen LogP contribution in [0.2, 0.25) is 0 Å². The van der Waals surface area contributed by atoms with Gasteiger partial charge in [0.05, 0.1) is 17.6 Å². The average Bonchev–Trinajstić information content (AvgIpc) is 2.85. The fourth-order valence-electron chi connectivity index (χ4n) is 2.91. The maximum atomic E-state index is 12.6. The van der Waals surface area contributed by atoms with Gasteiger partial charge in [-0.2, -0.15) is 0 Å².